The van der Waals surface area contributed by atoms with Crippen LogP contribution in [0, 0.1) is 0 Å². The van der Waals surface area contributed by atoms with Crippen LogP contribution in [0.3, 0.4) is 0 Å². The molecule has 3 rings (SSSR count). The van der Waals surface area contributed by atoms with Crippen LogP contribution in [0.15, 0.2) is 54.6 Å². The lowest BCUT2D eigenvalue weighted by molar-refractivity contribution is -0.142. The third-order valence-electron chi connectivity index (χ3n) is 5.69. The van der Waals surface area contributed by atoms with E-state index in [9.17, 15) is 24.3 Å². The highest BCUT2D eigenvalue weighted by molar-refractivity contribution is 5.96. The number of hydrogen-bond acceptors (Lipinski definition) is 6. The molecule has 1 fully saturated rings. The van der Waals surface area contributed by atoms with Gasteiger partial charge >= 0.3 is 5.97 Å². The Bertz CT molecular complexity index is 1040. The van der Waals surface area contributed by atoms with E-state index >= 15 is 0 Å². The van der Waals surface area contributed by atoms with Gasteiger partial charge in [0, 0.05) is 38.2 Å². The van der Waals surface area contributed by atoms with Crippen molar-refractivity contribution in [2.45, 2.75) is 18.9 Å². The summed E-state index contributed by atoms with van der Waals surface area (Å²) in [6.45, 7) is 1.25. The van der Waals surface area contributed by atoms with Crippen LogP contribution in [0.1, 0.15) is 23.2 Å². The van der Waals surface area contributed by atoms with Crippen LogP contribution in [-0.2, 0) is 14.4 Å². The Morgan fingerprint density at radius 3 is 2.06 bits per heavy atom. The van der Waals surface area contributed by atoms with E-state index in [0.29, 0.717) is 43.2 Å². The van der Waals surface area contributed by atoms with Crippen LogP contribution in [0.5, 0.6) is 11.5 Å². The Labute approximate surface area is 203 Å². The number of piperazine rings is 1. The summed E-state index contributed by atoms with van der Waals surface area (Å²) in [7, 11) is 1.52. The van der Waals surface area contributed by atoms with Gasteiger partial charge in [-0.1, -0.05) is 30.3 Å². The molecule has 1 aliphatic heterocycles. The normalized spacial score (nSPS) is 14.1. The molecule has 0 bridgehead atoms. The fourth-order valence-corrected chi connectivity index (χ4v) is 3.69. The zero-order chi connectivity index (χ0) is 25.2. The van der Waals surface area contributed by atoms with Gasteiger partial charge in [-0.25, -0.2) is 4.79 Å². The van der Waals surface area contributed by atoms with Gasteiger partial charge < -0.3 is 29.7 Å². The lowest BCUT2D eigenvalue weighted by atomic mass is 10.1. The number of methoxy groups -OCH3 is 1. The van der Waals surface area contributed by atoms with E-state index in [4.69, 9.17) is 9.47 Å². The molecular formula is C25H29N3O7. The molecule has 0 aliphatic carbocycles. The number of para-hydroxylation sites is 2. The average Bonchev–Trinajstić information content (AvgIpc) is 2.89. The average molecular weight is 484 g/mol. The summed E-state index contributed by atoms with van der Waals surface area (Å²) >= 11 is 0. The van der Waals surface area contributed by atoms with Crippen molar-refractivity contribution in [3.05, 3.63) is 60.2 Å². The van der Waals surface area contributed by atoms with Gasteiger partial charge in [0.1, 0.15) is 6.04 Å². The summed E-state index contributed by atoms with van der Waals surface area (Å²) in [5, 5.41) is 11.9. The number of carboxylic acid groups (broad SMARTS) is 1. The number of benzene rings is 2. The summed E-state index contributed by atoms with van der Waals surface area (Å²) < 4.78 is 10.8. The second-order valence-electron chi connectivity index (χ2n) is 7.97. The number of amides is 3. The quantitative estimate of drug-likeness (QED) is 0.523. The largest absolute Gasteiger partial charge is 0.493 e. The molecule has 3 amide bonds. The molecule has 0 radical (unpaired) electrons. The lowest BCUT2D eigenvalue weighted by Crippen LogP contribution is -2.52. The van der Waals surface area contributed by atoms with Gasteiger partial charge in [0.15, 0.2) is 18.1 Å². The predicted octanol–water partition coefficient (Wildman–Crippen LogP) is 1.41. The van der Waals surface area contributed by atoms with Gasteiger partial charge in [0.05, 0.1) is 7.11 Å². The smallest absolute Gasteiger partial charge is 0.326 e. The number of nitrogens with zero attached hydrogens (tertiary/aromatic N) is 2. The molecule has 2 N–H and O–H groups in total. The number of ether oxygens (including phenoxy) is 2. The Kier molecular flexibility index (Phi) is 9.05. The highest BCUT2D eigenvalue weighted by Gasteiger charge is 2.27. The molecule has 10 nitrogen and oxygen atoms in total. The van der Waals surface area contributed by atoms with Crippen LogP contribution in [0.25, 0.3) is 0 Å². The SMILES string of the molecule is COc1ccccc1OCC(=O)N1CCN(C(=O)CC[C@H](NC(=O)c2ccccc2)C(=O)O)CC1. The van der Waals surface area contributed by atoms with Crippen molar-refractivity contribution >= 4 is 23.7 Å². The molecule has 2 aromatic rings. The molecule has 10 heteroatoms. The van der Waals surface area contributed by atoms with Gasteiger partial charge in [-0.2, -0.15) is 0 Å². The van der Waals surface area contributed by atoms with Crippen LogP contribution in [0.2, 0.25) is 0 Å². The zero-order valence-electron chi connectivity index (χ0n) is 19.5. The van der Waals surface area contributed by atoms with Crippen LogP contribution < -0.4 is 14.8 Å². The molecule has 35 heavy (non-hydrogen) atoms. The standard InChI is InChI=1S/C25H29N3O7/c1-34-20-9-5-6-10-21(20)35-17-23(30)28-15-13-27(14-16-28)22(29)12-11-19(25(32)33)26-24(31)18-7-3-2-4-8-18/h2-10,19H,11-17H2,1H3,(H,26,31)(H,32,33)/t19-/m0/s1. The highest BCUT2D eigenvalue weighted by Crippen LogP contribution is 2.25. The van der Waals surface area contributed by atoms with E-state index in [-0.39, 0.29) is 31.3 Å². The summed E-state index contributed by atoms with van der Waals surface area (Å²) in [6, 6.07) is 14.2. The second kappa shape index (κ2) is 12.4. The lowest BCUT2D eigenvalue weighted by Gasteiger charge is -2.35. The number of hydrogen-bond donors (Lipinski definition) is 2. The fourth-order valence-electron chi connectivity index (χ4n) is 3.69. The first-order chi connectivity index (χ1) is 16.9. The van der Waals surface area contributed by atoms with Crippen LogP contribution in [0.4, 0.5) is 0 Å². The van der Waals surface area contributed by atoms with Crippen molar-refractivity contribution in [3.63, 3.8) is 0 Å². The second-order valence-corrected chi connectivity index (χ2v) is 7.97. The Morgan fingerprint density at radius 2 is 1.46 bits per heavy atom. The molecule has 1 heterocycles. The van der Waals surface area contributed by atoms with Crippen LogP contribution >= 0.6 is 0 Å². The molecule has 1 aliphatic rings. The van der Waals surface area contributed by atoms with E-state index in [1.165, 1.54) is 7.11 Å². The number of nitrogens with one attached hydrogen (secondary N) is 1. The summed E-state index contributed by atoms with van der Waals surface area (Å²) in [6.07, 6.45) is -0.0600. The summed E-state index contributed by atoms with van der Waals surface area (Å²) in [4.78, 5) is 52.2. The molecule has 186 valence electrons. The minimum Gasteiger partial charge on any atom is -0.493 e. The number of rotatable bonds is 10. The Hall–Kier alpha value is -4.08. The number of carbonyl (C=O) groups is 4. The zero-order valence-corrected chi connectivity index (χ0v) is 19.5. The van der Waals surface area contributed by atoms with E-state index in [1.54, 1.807) is 64.4 Å². The van der Waals surface area contributed by atoms with E-state index in [1.807, 2.05) is 0 Å². The van der Waals surface area contributed by atoms with Crippen molar-refractivity contribution in [1.29, 1.82) is 0 Å². The fraction of sp³-hybridized carbons (Fsp3) is 0.360. The van der Waals surface area contributed by atoms with Crippen molar-refractivity contribution in [3.8, 4) is 11.5 Å². The maximum atomic E-state index is 12.6. The topological polar surface area (TPSA) is 125 Å². The van der Waals surface area contributed by atoms with Gasteiger partial charge in [-0.05, 0) is 30.7 Å². The summed E-state index contributed by atoms with van der Waals surface area (Å²) in [5.41, 5.74) is 0.348. The minimum atomic E-state index is -1.20. The monoisotopic (exact) mass is 483 g/mol. The van der Waals surface area contributed by atoms with Crippen LogP contribution in [-0.4, -0.2) is 84.5 Å². The van der Waals surface area contributed by atoms with Crippen molar-refractivity contribution in [1.82, 2.24) is 15.1 Å². The maximum Gasteiger partial charge on any atom is 0.326 e. The molecule has 0 unspecified atom stereocenters. The van der Waals surface area contributed by atoms with E-state index < -0.39 is 17.9 Å². The van der Waals surface area contributed by atoms with Gasteiger partial charge in [0.2, 0.25) is 5.91 Å². The molecule has 1 atom stereocenters. The van der Waals surface area contributed by atoms with Gasteiger partial charge in [-0.3, -0.25) is 14.4 Å². The molecule has 0 saturated carbocycles. The number of aliphatic carboxylic acids is 1. The third-order valence-corrected chi connectivity index (χ3v) is 5.69. The predicted molar refractivity (Wildman–Crippen MR) is 126 cm³/mol. The summed E-state index contributed by atoms with van der Waals surface area (Å²) in [5.74, 6) is -1.11. The first-order valence-corrected chi connectivity index (χ1v) is 11.3. The first kappa shape index (κ1) is 25.5. The highest BCUT2D eigenvalue weighted by atomic mass is 16.5. The van der Waals surface area contributed by atoms with E-state index in [0.717, 1.165) is 0 Å². The van der Waals surface area contributed by atoms with Gasteiger partial charge in [0.25, 0.3) is 11.8 Å². The van der Waals surface area contributed by atoms with Crippen molar-refractivity contribution in [2.75, 3.05) is 39.9 Å². The molecule has 0 aromatic heterocycles. The first-order valence-electron chi connectivity index (χ1n) is 11.3. The number of carboxylic acids is 1. The Morgan fingerprint density at radius 1 is 0.886 bits per heavy atom. The molecule has 1 saturated heterocycles. The maximum absolute atomic E-state index is 12.6. The number of carbonyl (C=O) groups excluding carboxylic acids is 3. The van der Waals surface area contributed by atoms with E-state index in [2.05, 4.69) is 5.32 Å². The molecule has 0 spiro atoms. The van der Waals surface area contributed by atoms with Crippen molar-refractivity contribution in [2.24, 2.45) is 0 Å². The molecular weight excluding hydrogens is 454 g/mol. The third kappa shape index (κ3) is 7.20. The molecule has 2 aromatic carbocycles. The Balaban J connectivity index is 1.43. The van der Waals surface area contributed by atoms with Gasteiger partial charge in [-0.15, -0.1) is 0 Å². The minimum absolute atomic E-state index is 0.0291. The van der Waals surface area contributed by atoms with Crippen molar-refractivity contribution < 1.29 is 33.8 Å².